The highest BCUT2D eigenvalue weighted by Gasteiger charge is 2.53. The number of ether oxygens (including phenoxy) is 1. The van der Waals surface area contributed by atoms with Crippen LogP contribution >= 0.6 is 0 Å². The Labute approximate surface area is 133 Å². The van der Waals surface area contributed by atoms with Crippen LogP contribution in [0.4, 0.5) is 0 Å². The molecule has 0 N–H and O–H groups in total. The van der Waals surface area contributed by atoms with E-state index in [0.29, 0.717) is 12.3 Å². The van der Waals surface area contributed by atoms with Gasteiger partial charge in [-0.1, -0.05) is 66.2 Å². The maximum Gasteiger partial charge on any atom is 0.220 e. The number of hydrogen-bond donors (Lipinski definition) is 0. The zero-order valence-corrected chi connectivity index (χ0v) is 15.2. The first kappa shape index (κ1) is 19.0. The lowest BCUT2D eigenvalue weighted by molar-refractivity contribution is -0.948. The van der Waals surface area contributed by atoms with E-state index in [4.69, 9.17) is 4.74 Å². The van der Waals surface area contributed by atoms with Crippen LogP contribution in [0.15, 0.2) is 0 Å². The minimum absolute atomic E-state index is 0.528. The molecule has 1 aliphatic rings. The largest absolute Gasteiger partial charge is 0.314 e. The van der Waals surface area contributed by atoms with Gasteiger partial charge in [0.15, 0.2) is 0 Å². The van der Waals surface area contributed by atoms with Gasteiger partial charge in [0, 0.05) is 0 Å². The van der Waals surface area contributed by atoms with Gasteiger partial charge >= 0.3 is 0 Å². The third-order valence-electron chi connectivity index (χ3n) is 4.94. The maximum atomic E-state index is 6.14. The quantitative estimate of drug-likeness (QED) is 0.234. The Morgan fingerprint density at radius 2 is 1.19 bits per heavy atom. The topological polar surface area (TPSA) is 12.5 Å². The first-order valence-electron chi connectivity index (χ1n) is 9.75. The first-order valence-corrected chi connectivity index (χ1v) is 9.75. The van der Waals surface area contributed by atoms with Gasteiger partial charge in [-0.25, -0.2) is 0 Å². The Balaban J connectivity index is 2.31. The van der Waals surface area contributed by atoms with E-state index in [1.165, 1.54) is 88.3 Å². The van der Waals surface area contributed by atoms with Gasteiger partial charge in [0.25, 0.3) is 0 Å². The third-order valence-corrected chi connectivity index (χ3v) is 4.94. The second-order valence-electron chi connectivity index (χ2n) is 7.01. The molecular formula is C19H40NO+. The average molecular weight is 299 g/mol. The number of hydrogen-bond acceptors (Lipinski definition) is 1. The molecule has 0 bridgehead atoms. The molecule has 126 valence electrons. The standard InChI is InChI=1S/C19H40NO/c1-5-9-10-11-12-13-14-18-19(21-18)20(15-6-2,16-7-3)17-8-4/h18-19H,5-17H2,1-4H3/q+1. The highest BCUT2D eigenvalue weighted by atomic mass is 16.6. The first-order chi connectivity index (χ1) is 10.2. The van der Waals surface area contributed by atoms with E-state index >= 15 is 0 Å². The molecule has 0 saturated carbocycles. The van der Waals surface area contributed by atoms with Crippen molar-refractivity contribution in [3.63, 3.8) is 0 Å². The van der Waals surface area contributed by atoms with Crippen LogP contribution in [0.3, 0.4) is 0 Å². The molecule has 2 atom stereocenters. The minimum atomic E-state index is 0.528. The van der Waals surface area contributed by atoms with Crippen LogP contribution in [0.25, 0.3) is 0 Å². The van der Waals surface area contributed by atoms with Gasteiger partial charge in [-0.05, 0) is 25.7 Å². The number of quaternary nitrogens is 1. The summed E-state index contributed by atoms with van der Waals surface area (Å²) in [6, 6.07) is 0. The summed E-state index contributed by atoms with van der Waals surface area (Å²) >= 11 is 0. The molecule has 1 aliphatic heterocycles. The van der Waals surface area contributed by atoms with E-state index in [1.54, 1.807) is 0 Å². The Morgan fingerprint density at radius 1 is 0.667 bits per heavy atom. The summed E-state index contributed by atoms with van der Waals surface area (Å²) in [6.45, 7) is 13.2. The molecule has 21 heavy (non-hydrogen) atoms. The van der Waals surface area contributed by atoms with E-state index in [0.717, 1.165) is 0 Å². The van der Waals surface area contributed by atoms with Crippen LogP contribution in [-0.2, 0) is 4.74 Å². The SMILES string of the molecule is CCCCCCCCC1OC1[N+](CCC)(CCC)CCC. The van der Waals surface area contributed by atoms with E-state index in [9.17, 15) is 0 Å². The van der Waals surface area contributed by atoms with Crippen LogP contribution in [0.1, 0.15) is 91.9 Å². The second kappa shape index (κ2) is 10.6. The molecule has 0 amide bonds. The lowest BCUT2D eigenvalue weighted by atomic mass is 10.1. The van der Waals surface area contributed by atoms with Gasteiger partial charge in [-0.15, -0.1) is 0 Å². The predicted octanol–water partition coefficient (Wildman–Crippen LogP) is 5.51. The number of unbranched alkanes of at least 4 members (excludes halogenated alkanes) is 5. The van der Waals surface area contributed by atoms with Gasteiger partial charge in [0.05, 0.1) is 19.6 Å². The molecule has 2 heteroatoms. The molecule has 0 aromatic heterocycles. The van der Waals surface area contributed by atoms with Gasteiger partial charge in [-0.2, -0.15) is 0 Å². The van der Waals surface area contributed by atoms with Crippen LogP contribution in [0, 0.1) is 0 Å². The Kier molecular flexibility index (Phi) is 9.59. The normalized spacial score (nSPS) is 21.7. The van der Waals surface area contributed by atoms with Crippen LogP contribution in [-0.4, -0.2) is 36.4 Å². The van der Waals surface area contributed by atoms with Gasteiger partial charge in [-0.3, -0.25) is 4.48 Å². The molecule has 0 aromatic rings. The predicted molar refractivity (Wildman–Crippen MR) is 92.4 cm³/mol. The van der Waals surface area contributed by atoms with Crippen LogP contribution in [0.2, 0.25) is 0 Å². The van der Waals surface area contributed by atoms with Crippen molar-refractivity contribution in [3.8, 4) is 0 Å². The van der Waals surface area contributed by atoms with E-state index in [-0.39, 0.29) is 0 Å². The maximum absolute atomic E-state index is 6.14. The lowest BCUT2D eigenvalue weighted by Crippen LogP contribution is -2.53. The summed E-state index contributed by atoms with van der Waals surface area (Å²) in [4.78, 5) is 0. The van der Waals surface area contributed by atoms with Crippen molar-refractivity contribution in [1.29, 1.82) is 0 Å². The molecular weight excluding hydrogens is 258 g/mol. The monoisotopic (exact) mass is 298 g/mol. The Bertz CT molecular complexity index is 237. The zero-order chi connectivity index (χ0) is 15.6. The molecule has 1 saturated heterocycles. The van der Waals surface area contributed by atoms with E-state index in [2.05, 4.69) is 27.7 Å². The van der Waals surface area contributed by atoms with Crippen molar-refractivity contribution in [2.75, 3.05) is 19.6 Å². The van der Waals surface area contributed by atoms with Crippen molar-refractivity contribution in [2.24, 2.45) is 0 Å². The summed E-state index contributed by atoms with van der Waals surface area (Å²) in [5.41, 5.74) is 0. The van der Waals surface area contributed by atoms with Crippen molar-refractivity contribution < 1.29 is 9.22 Å². The van der Waals surface area contributed by atoms with E-state index < -0.39 is 0 Å². The van der Waals surface area contributed by atoms with E-state index in [1.807, 2.05) is 0 Å². The van der Waals surface area contributed by atoms with Gasteiger partial charge in [0.2, 0.25) is 6.23 Å². The summed E-state index contributed by atoms with van der Waals surface area (Å²) in [7, 11) is 0. The summed E-state index contributed by atoms with van der Waals surface area (Å²) in [5.74, 6) is 0. The summed E-state index contributed by atoms with van der Waals surface area (Å²) in [6.07, 6.45) is 14.6. The molecule has 0 aromatic carbocycles. The van der Waals surface area contributed by atoms with Crippen LogP contribution < -0.4 is 0 Å². The Morgan fingerprint density at radius 3 is 1.71 bits per heavy atom. The number of nitrogens with zero attached hydrogens (tertiary/aromatic N) is 1. The number of epoxide rings is 1. The minimum Gasteiger partial charge on any atom is -0.314 e. The zero-order valence-electron chi connectivity index (χ0n) is 15.2. The lowest BCUT2D eigenvalue weighted by Gasteiger charge is -2.37. The van der Waals surface area contributed by atoms with Gasteiger partial charge in [0.1, 0.15) is 6.10 Å². The van der Waals surface area contributed by atoms with Crippen molar-refractivity contribution in [1.82, 2.24) is 0 Å². The molecule has 1 fully saturated rings. The Hall–Kier alpha value is -0.0800. The molecule has 1 rings (SSSR count). The molecule has 2 unspecified atom stereocenters. The molecule has 1 heterocycles. The molecule has 0 spiro atoms. The van der Waals surface area contributed by atoms with Crippen molar-refractivity contribution in [2.45, 2.75) is 104 Å². The summed E-state index contributed by atoms with van der Waals surface area (Å²) in [5, 5.41) is 0. The van der Waals surface area contributed by atoms with Crippen molar-refractivity contribution in [3.05, 3.63) is 0 Å². The van der Waals surface area contributed by atoms with Crippen LogP contribution in [0.5, 0.6) is 0 Å². The fourth-order valence-corrected chi connectivity index (χ4v) is 4.01. The fourth-order valence-electron chi connectivity index (χ4n) is 4.01. The summed E-state index contributed by atoms with van der Waals surface area (Å²) < 4.78 is 7.38. The smallest absolute Gasteiger partial charge is 0.220 e. The van der Waals surface area contributed by atoms with Crippen molar-refractivity contribution >= 4 is 0 Å². The van der Waals surface area contributed by atoms with Gasteiger partial charge < -0.3 is 4.74 Å². The molecule has 2 nitrogen and oxygen atoms in total. The third kappa shape index (κ3) is 6.28. The fraction of sp³-hybridized carbons (Fsp3) is 1.00. The highest BCUT2D eigenvalue weighted by Crippen LogP contribution is 2.37. The average Bonchev–Trinajstić information content (AvgIpc) is 3.23. The highest BCUT2D eigenvalue weighted by molar-refractivity contribution is 4.78. The second-order valence-corrected chi connectivity index (χ2v) is 7.01. The molecule has 0 radical (unpaired) electrons. The number of rotatable bonds is 14. The molecule has 0 aliphatic carbocycles.